The molecular formula is C61H39B3F2N4. The van der Waals surface area contributed by atoms with Crippen molar-refractivity contribution in [3.8, 4) is 6.07 Å². The Morgan fingerprint density at radius 3 is 0.743 bits per heavy atom. The molecule has 0 saturated carbocycles. The monoisotopic (exact) mass is 898 g/mol. The molecule has 0 amide bonds. The molecule has 0 saturated heterocycles. The second kappa shape index (κ2) is 16.7. The molecule has 9 heteroatoms. The van der Waals surface area contributed by atoms with Crippen molar-refractivity contribution in [3.63, 3.8) is 0 Å². The van der Waals surface area contributed by atoms with Gasteiger partial charge in [0.05, 0.1) is 0 Å². The van der Waals surface area contributed by atoms with E-state index in [9.17, 15) is 5.26 Å². The lowest BCUT2D eigenvalue weighted by atomic mass is 9.35. The lowest BCUT2D eigenvalue weighted by molar-refractivity contribution is 0.587. The summed E-state index contributed by atoms with van der Waals surface area (Å²) in [4.78, 5) is 5.49. The van der Waals surface area contributed by atoms with Gasteiger partial charge in [-0.1, -0.05) is 217 Å². The summed E-state index contributed by atoms with van der Waals surface area (Å²) in [5.74, 6) is -1.71. The van der Waals surface area contributed by atoms with Crippen molar-refractivity contribution in [2.45, 2.75) is 0 Å². The summed E-state index contributed by atoms with van der Waals surface area (Å²) in [5, 5.41) is 11.9. The summed E-state index contributed by atoms with van der Waals surface area (Å²) in [6.45, 7) is -0.631. The number of benzene rings is 10. The smallest absolute Gasteiger partial charge is 0.246 e. The van der Waals surface area contributed by atoms with E-state index in [0.717, 1.165) is 49.2 Å². The fourth-order valence-corrected chi connectivity index (χ4v) is 11.6. The number of fused-ring (bicyclic) bond motifs is 6. The van der Waals surface area contributed by atoms with Crippen LogP contribution in [0.4, 0.5) is 60.0 Å². The Balaban J connectivity index is 1.16. The third kappa shape index (κ3) is 6.23. The Labute approximate surface area is 407 Å². The molecule has 10 aromatic carbocycles. The lowest BCUT2D eigenvalue weighted by Gasteiger charge is -2.42. The van der Waals surface area contributed by atoms with E-state index in [4.69, 9.17) is 0 Å². The van der Waals surface area contributed by atoms with Gasteiger partial charge in [-0.2, -0.15) is 5.26 Å². The quantitative estimate of drug-likeness (QED) is 0.157. The molecule has 0 bridgehead atoms. The molecule has 0 radical (unpaired) electrons. The second-order valence-corrected chi connectivity index (χ2v) is 18.1. The maximum Gasteiger partial charge on any atom is 0.246 e. The number of para-hydroxylation sites is 6. The topological polar surface area (TPSA) is 33.5 Å². The summed E-state index contributed by atoms with van der Waals surface area (Å²) in [6, 6.07) is 81.2. The minimum atomic E-state index is -0.857. The van der Waals surface area contributed by atoms with Crippen molar-refractivity contribution in [1.29, 1.82) is 5.26 Å². The number of nitriles is 1. The second-order valence-electron chi connectivity index (χ2n) is 18.1. The Bertz CT molecular complexity index is 3410. The van der Waals surface area contributed by atoms with E-state index >= 15 is 8.78 Å². The van der Waals surface area contributed by atoms with Crippen LogP contribution in [0, 0.1) is 23.0 Å². The van der Waals surface area contributed by atoms with Crippen LogP contribution in [0.2, 0.25) is 0 Å². The van der Waals surface area contributed by atoms with Crippen LogP contribution in [0.15, 0.2) is 237 Å². The van der Waals surface area contributed by atoms with Crippen molar-refractivity contribution < 1.29 is 8.78 Å². The predicted octanol–water partition coefficient (Wildman–Crippen LogP) is 8.73. The largest absolute Gasteiger partial charge is 0.307 e. The first kappa shape index (κ1) is 41.3. The molecule has 13 rings (SSSR count). The highest BCUT2D eigenvalue weighted by atomic mass is 19.1. The molecule has 3 heterocycles. The van der Waals surface area contributed by atoms with Crippen LogP contribution in [0.5, 0.6) is 0 Å². The lowest BCUT2D eigenvalue weighted by Crippen LogP contribution is -2.58. The van der Waals surface area contributed by atoms with Crippen molar-refractivity contribution in [1.82, 2.24) is 0 Å². The van der Waals surface area contributed by atoms with Gasteiger partial charge in [0.2, 0.25) is 20.1 Å². The maximum absolute atomic E-state index is 19.5. The first-order chi connectivity index (χ1) is 34.6. The highest BCUT2D eigenvalue weighted by molar-refractivity contribution is 6.99. The van der Waals surface area contributed by atoms with Gasteiger partial charge in [-0.05, 0) is 69.2 Å². The Morgan fingerprint density at radius 1 is 0.286 bits per heavy atom. The zero-order valence-electron chi connectivity index (χ0n) is 37.8. The molecule has 0 spiro atoms. The number of hydrogen-bond donors (Lipinski definition) is 0. The number of halogens is 2. The molecule has 3 aliphatic heterocycles. The van der Waals surface area contributed by atoms with Gasteiger partial charge < -0.3 is 14.7 Å². The highest BCUT2D eigenvalue weighted by Gasteiger charge is 2.45. The molecule has 0 unspecified atom stereocenters. The molecule has 0 atom stereocenters. The van der Waals surface area contributed by atoms with Gasteiger partial charge in [-0.3, -0.25) is 0 Å². The van der Waals surface area contributed by atoms with Crippen LogP contribution in [0.3, 0.4) is 0 Å². The molecule has 0 aliphatic carbocycles. The van der Waals surface area contributed by atoms with E-state index in [2.05, 4.69) is 78.9 Å². The number of anilines is 9. The average molecular weight is 898 g/mol. The molecule has 0 fully saturated rings. The number of rotatable bonds is 6. The zero-order chi connectivity index (χ0) is 46.9. The van der Waals surface area contributed by atoms with E-state index in [-0.39, 0.29) is 42.8 Å². The van der Waals surface area contributed by atoms with E-state index < -0.39 is 11.6 Å². The van der Waals surface area contributed by atoms with Crippen molar-refractivity contribution >= 4 is 120 Å². The van der Waals surface area contributed by atoms with Crippen LogP contribution in [0.25, 0.3) is 0 Å². The zero-order valence-corrected chi connectivity index (χ0v) is 37.8. The van der Waals surface area contributed by atoms with E-state index in [1.165, 1.54) is 0 Å². The minimum Gasteiger partial charge on any atom is -0.307 e. The van der Waals surface area contributed by atoms with Gasteiger partial charge in [0.1, 0.15) is 28.7 Å². The summed E-state index contributed by atoms with van der Waals surface area (Å²) in [6.07, 6.45) is 0. The molecule has 326 valence electrons. The Hall–Kier alpha value is -8.86. The third-order valence-corrected chi connectivity index (χ3v) is 14.4. The fraction of sp³-hybridized carbons (Fsp3) is 0. The molecule has 70 heavy (non-hydrogen) atoms. The number of nitrogens with zero attached hydrogens (tertiary/aromatic N) is 4. The van der Waals surface area contributed by atoms with Gasteiger partial charge in [-0.25, -0.2) is 8.78 Å². The minimum absolute atomic E-state index is 0.0411. The van der Waals surface area contributed by atoms with E-state index in [1.807, 2.05) is 174 Å². The standard InChI is InChI=1S/C61H39B3F2N4/c65-57-59(68-51-34-16-10-28-45(51)62(41-22-4-1-5-23-41)46-29-11-17-35-52(46)68)44(40-67)60(69-53-36-18-12-30-47(53)63(42-24-6-2-7-25-42)48-31-13-19-37-54(48)69)58(66)61(57)70-55-38-20-14-32-49(55)64(43-26-8-3-9-27-43)50-33-15-21-39-56(50)70/h1-39H. The normalized spacial score (nSPS) is 13.1. The molecule has 4 nitrogen and oxygen atoms in total. The molecule has 0 N–H and O–H groups in total. The summed E-state index contributed by atoms with van der Waals surface area (Å²) < 4.78 is 39.0. The van der Waals surface area contributed by atoms with Crippen LogP contribution in [-0.4, -0.2) is 20.1 Å². The number of hydrogen-bond acceptors (Lipinski definition) is 4. The summed E-state index contributed by atoms with van der Waals surface area (Å²) in [7, 11) is 0. The first-order valence-electron chi connectivity index (χ1n) is 23.7. The highest BCUT2D eigenvalue weighted by Crippen LogP contribution is 2.53. The van der Waals surface area contributed by atoms with Crippen LogP contribution >= 0.6 is 0 Å². The molecular weight excluding hydrogens is 859 g/mol. The van der Waals surface area contributed by atoms with E-state index in [1.54, 1.807) is 4.90 Å². The van der Waals surface area contributed by atoms with Crippen molar-refractivity contribution in [3.05, 3.63) is 254 Å². The molecule has 3 aliphatic rings. The maximum atomic E-state index is 19.5. The summed E-state index contributed by atoms with van der Waals surface area (Å²) in [5.41, 5.74) is 12.3. The van der Waals surface area contributed by atoms with Crippen molar-refractivity contribution in [2.75, 3.05) is 14.7 Å². The van der Waals surface area contributed by atoms with Gasteiger partial charge in [-0.15, -0.1) is 0 Å². The Kier molecular flexibility index (Phi) is 9.88. The Morgan fingerprint density at radius 2 is 0.500 bits per heavy atom. The van der Waals surface area contributed by atoms with Gasteiger partial charge in [0, 0.05) is 34.1 Å². The molecule has 10 aromatic rings. The van der Waals surface area contributed by atoms with Crippen LogP contribution in [-0.2, 0) is 0 Å². The van der Waals surface area contributed by atoms with Crippen LogP contribution < -0.4 is 63.9 Å². The van der Waals surface area contributed by atoms with Crippen molar-refractivity contribution in [2.24, 2.45) is 0 Å². The predicted molar refractivity (Wildman–Crippen MR) is 288 cm³/mol. The molecule has 0 aromatic heterocycles. The van der Waals surface area contributed by atoms with Crippen LogP contribution in [0.1, 0.15) is 5.56 Å². The third-order valence-electron chi connectivity index (χ3n) is 14.4. The van der Waals surface area contributed by atoms with E-state index in [0.29, 0.717) is 34.1 Å². The summed E-state index contributed by atoms with van der Waals surface area (Å²) >= 11 is 0. The average Bonchev–Trinajstić information content (AvgIpc) is 3.42. The van der Waals surface area contributed by atoms with Gasteiger partial charge >= 0.3 is 0 Å². The SMILES string of the molecule is N#Cc1c(N2c3ccccc3B(c3ccccc3)c3ccccc32)c(F)c(N2c3ccccc3B(c3ccccc3)c3ccccc32)c(F)c1N1c2ccccc2B(c2ccccc2)c2ccccc21. The fourth-order valence-electron chi connectivity index (χ4n) is 11.6. The van der Waals surface area contributed by atoms with Gasteiger partial charge in [0.25, 0.3) is 0 Å². The first-order valence-corrected chi connectivity index (χ1v) is 23.7. The van der Waals surface area contributed by atoms with Gasteiger partial charge in [0.15, 0.2) is 11.6 Å².